The number of esters is 1. The molecule has 0 aromatic carbocycles. The largest absolute Gasteiger partial charge is 0.462 e. The summed E-state index contributed by atoms with van der Waals surface area (Å²) in [6.45, 7) is 1.41. The Labute approximate surface area is 94.2 Å². The lowest BCUT2D eigenvalue weighted by Crippen LogP contribution is -2.13. The van der Waals surface area contributed by atoms with Gasteiger partial charge in [0.25, 0.3) is 6.43 Å². The molecule has 0 radical (unpaired) electrons. The van der Waals surface area contributed by atoms with Crippen molar-refractivity contribution in [3.63, 3.8) is 0 Å². The molecule has 0 unspecified atom stereocenters. The van der Waals surface area contributed by atoms with Gasteiger partial charge in [0, 0.05) is 6.20 Å². The Bertz CT molecular complexity index is 412. The summed E-state index contributed by atoms with van der Waals surface area (Å²) < 4.78 is 42.8. The number of hydrogen-bond acceptors (Lipinski definition) is 3. The van der Waals surface area contributed by atoms with Crippen molar-refractivity contribution in [2.75, 3.05) is 6.61 Å². The van der Waals surface area contributed by atoms with E-state index in [1.807, 2.05) is 0 Å². The van der Waals surface area contributed by atoms with Crippen LogP contribution >= 0.6 is 11.6 Å². The molecule has 0 aliphatic heterocycles. The third-order valence-corrected chi connectivity index (χ3v) is 1.95. The number of halogens is 4. The second-order valence-corrected chi connectivity index (χ2v) is 3.11. The fourth-order valence-electron chi connectivity index (χ4n) is 1.04. The lowest BCUT2D eigenvalue weighted by atomic mass is 10.2. The summed E-state index contributed by atoms with van der Waals surface area (Å²) in [7, 11) is 0. The maximum absolute atomic E-state index is 13.4. The molecular formula is C9H7ClF3NO2. The molecule has 0 aliphatic carbocycles. The van der Waals surface area contributed by atoms with Crippen molar-refractivity contribution in [3.05, 3.63) is 28.3 Å². The molecule has 1 rings (SSSR count). The fraction of sp³-hybridized carbons (Fsp3) is 0.333. The van der Waals surface area contributed by atoms with Crippen LogP contribution < -0.4 is 0 Å². The molecule has 0 N–H and O–H groups in total. The summed E-state index contributed by atoms with van der Waals surface area (Å²) in [4.78, 5) is 14.5. The predicted molar refractivity (Wildman–Crippen MR) is 50.1 cm³/mol. The second-order valence-electron chi connectivity index (χ2n) is 2.70. The van der Waals surface area contributed by atoms with Crippen molar-refractivity contribution in [3.8, 4) is 0 Å². The minimum absolute atomic E-state index is 0.0620. The number of alkyl halides is 2. The van der Waals surface area contributed by atoms with Gasteiger partial charge in [-0.25, -0.2) is 18.0 Å². The van der Waals surface area contributed by atoms with Gasteiger partial charge in [-0.1, -0.05) is 11.6 Å². The van der Waals surface area contributed by atoms with Crippen molar-refractivity contribution < 1.29 is 22.7 Å². The summed E-state index contributed by atoms with van der Waals surface area (Å²) in [5, 5.41) is -0.507. The van der Waals surface area contributed by atoms with Gasteiger partial charge < -0.3 is 4.74 Å². The summed E-state index contributed by atoms with van der Waals surface area (Å²) >= 11 is 5.34. The molecule has 0 atom stereocenters. The molecule has 0 fully saturated rings. The van der Waals surface area contributed by atoms with E-state index in [0.29, 0.717) is 0 Å². The van der Waals surface area contributed by atoms with Crippen LogP contribution in [0, 0.1) is 5.82 Å². The van der Waals surface area contributed by atoms with Crippen molar-refractivity contribution in [2.24, 2.45) is 0 Å². The Morgan fingerprint density at radius 3 is 2.75 bits per heavy atom. The number of rotatable bonds is 3. The van der Waals surface area contributed by atoms with Crippen LogP contribution in [0.2, 0.25) is 5.02 Å². The fourth-order valence-corrected chi connectivity index (χ4v) is 1.19. The number of hydrogen-bond donors (Lipinski definition) is 0. The maximum Gasteiger partial charge on any atom is 0.343 e. The van der Waals surface area contributed by atoms with Crippen molar-refractivity contribution in [1.82, 2.24) is 4.98 Å². The van der Waals surface area contributed by atoms with Gasteiger partial charge in [-0.2, -0.15) is 0 Å². The smallest absolute Gasteiger partial charge is 0.343 e. The SMILES string of the molecule is CCOC(=O)c1c(C(F)F)ncc(Cl)c1F. The van der Waals surface area contributed by atoms with Gasteiger partial charge in [0.15, 0.2) is 5.82 Å². The lowest BCUT2D eigenvalue weighted by Gasteiger charge is -2.08. The first-order valence-electron chi connectivity index (χ1n) is 4.28. The Morgan fingerprint density at radius 1 is 1.62 bits per heavy atom. The van der Waals surface area contributed by atoms with Gasteiger partial charge in [-0.15, -0.1) is 0 Å². The molecule has 88 valence electrons. The van der Waals surface area contributed by atoms with Crippen LogP contribution in [-0.2, 0) is 4.74 Å². The monoisotopic (exact) mass is 253 g/mol. The van der Waals surface area contributed by atoms with E-state index in [9.17, 15) is 18.0 Å². The summed E-state index contributed by atoms with van der Waals surface area (Å²) in [6.07, 6.45) is -2.35. The lowest BCUT2D eigenvalue weighted by molar-refractivity contribution is 0.0507. The minimum Gasteiger partial charge on any atom is -0.462 e. The minimum atomic E-state index is -3.08. The first-order chi connectivity index (χ1) is 7.49. The molecule has 1 aromatic rings. The Hall–Kier alpha value is -1.30. The molecule has 0 saturated carbocycles. The second kappa shape index (κ2) is 5.16. The highest BCUT2D eigenvalue weighted by Gasteiger charge is 2.26. The van der Waals surface area contributed by atoms with E-state index in [-0.39, 0.29) is 6.61 Å². The molecule has 0 spiro atoms. The van der Waals surface area contributed by atoms with E-state index < -0.39 is 34.5 Å². The molecule has 0 aliphatic rings. The maximum atomic E-state index is 13.4. The quantitative estimate of drug-likeness (QED) is 0.778. The van der Waals surface area contributed by atoms with Crippen molar-refractivity contribution in [1.29, 1.82) is 0 Å². The zero-order chi connectivity index (χ0) is 12.3. The number of ether oxygens (including phenoxy) is 1. The van der Waals surface area contributed by atoms with Crippen LogP contribution in [0.3, 0.4) is 0 Å². The van der Waals surface area contributed by atoms with Crippen LogP contribution in [0.1, 0.15) is 29.4 Å². The van der Waals surface area contributed by atoms with Crippen LogP contribution in [0.5, 0.6) is 0 Å². The third-order valence-electron chi connectivity index (χ3n) is 1.69. The van der Waals surface area contributed by atoms with Gasteiger partial charge in [0.2, 0.25) is 0 Å². The standard InChI is InChI=1S/C9H7ClF3NO2/c1-2-16-9(15)5-6(11)4(10)3-14-7(5)8(12)13/h3,8H,2H2,1H3. The highest BCUT2D eigenvalue weighted by Crippen LogP contribution is 2.27. The highest BCUT2D eigenvalue weighted by molar-refractivity contribution is 6.31. The first kappa shape index (κ1) is 12.8. The van der Waals surface area contributed by atoms with Gasteiger partial charge in [-0.05, 0) is 6.92 Å². The van der Waals surface area contributed by atoms with Gasteiger partial charge in [-0.3, -0.25) is 4.98 Å². The van der Waals surface area contributed by atoms with E-state index in [4.69, 9.17) is 11.6 Å². The first-order valence-corrected chi connectivity index (χ1v) is 4.66. The average Bonchev–Trinajstić information content (AvgIpc) is 2.21. The Morgan fingerprint density at radius 2 is 2.25 bits per heavy atom. The highest BCUT2D eigenvalue weighted by atomic mass is 35.5. The Kier molecular flexibility index (Phi) is 4.12. The molecular weight excluding hydrogens is 247 g/mol. The molecule has 3 nitrogen and oxygen atoms in total. The van der Waals surface area contributed by atoms with Crippen LogP contribution in [0.25, 0.3) is 0 Å². The summed E-state index contributed by atoms with van der Waals surface area (Å²) in [6, 6.07) is 0. The van der Waals surface area contributed by atoms with Crippen LogP contribution in [0.4, 0.5) is 13.2 Å². The van der Waals surface area contributed by atoms with Crippen LogP contribution in [-0.4, -0.2) is 17.6 Å². The van der Waals surface area contributed by atoms with E-state index in [2.05, 4.69) is 9.72 Å². The van der Waals surface area contributed by atoms with Crippen LogP contribution in [0.15, 0.2) is 6.20 Å². The normalized spacial score (nSPS) is 10.6. The number of carbonyl (C=O) groups excluding carboxylic acids is 1. The van der Waals surface area contributed by atoms with Gasteiger partial charge in [0.1, 0.15) is 11.3 Å². The van der Waals surface area contributed by atoms with E-state index in [1.165, 1.54) is 6.92 Å². The number of aromatic nitrogens is 1. The molecule has 7 heteroatoms. The molecule has 0 bridgehead atoms. The molecule has 0 amide bonds. The van der Waals surface area contributed by atoms with Gasteiger partial charge in [0.05, 0.1) is 11.6 Å². The number of nitrogens with zero attached hydrogens (tertiary/aromatic N) is 1. The zero-order valence-corrected chi connectivity index (χ0v) is 8.89. The average molecular weight is 254 g/mol. The number of carbonyl (C=O) groups is 1. The summed E-state index contributed by atoms with van der Waals surface area (Å²) in [5.74, 6) is -2.45. The molecule has 1 aromatic heterocycles. The van der Waals surface area contributed by atoms with E-state index in [1.54, 1.807) is 0 Å². The molecule has 0 saturated heterocycles. The van der Waals surface area contributed by atoms with E-state index >= 15 is 0 Å². The number of pyridine rings is 1. The predicted octanol–water partition coefficient (Wildman–Crippen LogP) is 2.99. The molecule has 16 heavy (non-hydrogen) atoms. The topological polar surface area (TPSA) is 39.2 Å². The van der Waals surface area contributed by atoms with Gasteiger partial charge >= 0.3 is 5.97 Å². The van der Waals surface area contributed by atoms with Crippen molar-refractivity contribution in [2.45, 2.75) is 13.3 Å². The zero-order valence-electron chi connectivity index (χ0n) is 8.14. The Balaban J connectivity index is 3.31. The van der Waals surface area contributed by atoms with E-state index in [0.717, 1.165) is 6.20 Å². The molecule has 1 heterocycles. The third kappa shape index (κ3) is 2.44. The summed E-state index contributed by atoms with van der Waals surface area (Å²) in [5.41, 5.74) is -1.88. The van der Waals surface area contributed by atoms with Crippen molar-refractivity contribution >= 4 is 17.6 Å².